The average Bonchev–Trinajstić information content (AvgIpc) is 1.25. The van der Waals surface area contributed by atoms with E-state index in [-0.39, 0.29) is 76.2 Å². The SMILES string of the molecule is O=[Si]([O-])[O-].O=[Si]([O-])[O-].[Cu+2].[Na+].[Na+]. The van der Waals surface area contributed by atoms with Crippen molar-refractivity contribution in [3.8, 4) is 0 Å². The van der Waals surface area contributed by atoms with Gasteiger partial charge in [0.2, 0.25) is 0 Å². The summed E-state index contributed by atoms with van der Waals surface area (Å²) in [4.78, 5) is 34.1. The Bertz CT molecular complexity index is 76.6. The van der Waals surface area contributed by atoms with Gasteiger partial charge in [0, 0.05) is 18.3 Å². The van der Waals surface area contributed by atoms with Gasteiger partial charge in [-0.3, -0.25) is 0 Å². The molecule has 0 aromatic heterocycles. The molecule has 0 aromatic carbocycles. The minimum Gasteiger partial charge on any atom is -0.672 e. The minimum absolute atomic E-state index is 0. The van der Waals surface area contributed by atoms with Crippen molar-refractivity contribution in [2.45, 2.75) is 0 Å². The summed E-state index contributed by atoms with van der Waals surface area (Å²) in [6.45, 7) is 0. The van der Waals surface area contributed by atoms with Crippen LogP contribution in [-0.2, 0) is 26.0 Å². The van der Waals surface area contributed by atoms with Crippen LogP contribution in [0.2, 0.25) is 0 Å². The topological polar surface area (TPSA) is 126 Å². The Labute approximate surface area is 121 Å². The van der Waals surface area contributed by atoms with Gasteiger partial charge in [0.1, 0.15) is 0 Å². The Balaban J connectivity index is -0.0000000171. The molecule has 6 nitrogen and oxygen atoms in total. The van der Waals surface area contributed by atoms with E-state index in [0.29, 0.717) is 0 Å². The van der Waals surface area contributed by atoms with Crippen molar-refractivity contribution < 1.29 is 104 Å². The van der Waals surface area contributed by atoms with Crippen LogP contribution in [-0.4, -0.2) is 18.3 Å². The third-order valence-corrected chi connectivity index (χ3v) is 0. The second kappa shape index (κ2) is 22.6. The second-order valence-corrected chi connectivity index (χ2v) is 1.50. The molecule has 11 heavy (non-hydrogen) atoms. The van der Waals surface area contributed by atoms with Crippen LogP contribution in [0.4, 0.5) is 0 Å². The molecule has 0 amide bonds. The first-order chi connectivity index (χ1) is 3.46. The van der Waals surface area contributed by atoms with Crippen LogP contribution in [0.25, 0.3) is 0 Å². The maximum absolute atomic E-state index is 8.52. The molecule has 57 valence electrons. The van der Waals surface area contributed by atoms with Gasteiger partial charge in [0.15, 0.2) is 0 Å². The first-order valence-electron chi connectivity index (χ1n) is 1.22. The third-order valence-electron chi connectivity index (χ3n) is 0. The van der Waals surface area contributed by atoms with Crippen LogP contribution in [0.1, 0.15) is 0 Å². The van der Waals surface area contributed by atoms with Crippen molar-refractivity contribution in [1.29, 1.82) is 0 Å². The summed E-state index contributed by atoms with van der Waals surface area (Å²) >= 11 is 0. The molecule has 1 radical (unpaired) electrons. The molecule has 0 heterocycles. The molecular formula is CuNa2O6Si2. The summed E-state index contributed by atoms with van der Waals surface area (Å²) in [5.74, 6) is 0. The molecule has 0 fully saturated rings. The van der Waals surface area contributed by atoms with Crippen LogP contribution in [0.5, 0.6) is 0 Å². The summed E-state index contributed by atoms with van der Waals surface area (Å²) in [7, 11) is -7.26. The molecule has 0 spiro atoms. The maximum atomic E-state index is 8.52. The second-order valence-electron chi connectivity index (χ2n) is 0.500. The predicted molar refractivity (Wildman–Crippen MR) is 12.9 cm³/mol. The van der Waals surface area contributed by atoms with Gasteiger partial charge in [-0.25, -0.2) is 0 Å². The van der Waals surface area contributed by atoms with Crippen molar-refractivity contribution in [3.63, 3.8) is 0 Å². The van der Waals surface area contributed by atoms with Crippen LogP contribution in [0.15, 0.2) is 0 Å². The van der Waals surface area contributed by atoms with Gasteiger partial charge in [-0.05, 0) is 0 Å². The summed E-state index contributed by atoms with van der Waals surface area (Å²) in [5, 5.41) is 0. The van der Waals surface area contributed by atoms with E-state index in [2.05, 4.69) is 0 Å². The van der Waals surface area contributed by atoms with Crippen LogP contribution in [0, 0.1) is 0 Å². The third kappa shape index (κ3) is 364. The van der Waals surface area contributed by atoms with Gasteiger partial charge in [-0.2, -0.15) is 0 Å². The van der Waals surface area contributed by atoms with Crippen LogP contribution >= 0.6 is 0 Å². The number of hydrogen-bond donors (Lipinski definition) is 0. The molecule has 0 rings (SSSR count). The Hall–Kier alpha value is 1.75. The molecule has 0 saturated heterocycles. The quantitative estimate of drug-likeness (QED) is 0.399. The van der Waals surface area contributed by atoms with E-state index in [9.17, 15) is 0 Å². The van der Waals surface area contributed by atoms with E-state index in [1.54, 1.807) is 0 Å². The zero-order valence-corrected chi connectivity index (χ0v) is 12.7. The van der Waals surface area contributed by atoms with E-state index in [0.717, 1.165) is 0 Å². The fourth-order valence-corrected chi connectivity index (χ4v) is 0. The van der Waals surface area contributed by atoms with Crippen LogP contribution in [0.3, 0.4) is 0 Å². The zero-order chi connectivity index (χ0) is 7.15. The normalized spacial score (nSPS) is 4.36. The minimum atomic E-state index is -3.63. The monoisotopic (exact) mass is 261 g/mol. The van der Waals surface area contributed by atoms with E-state index < -0.39 is 18.3 Å². The first-order valence-corrected chi connectivity index (χ1v) is 3.67. The Morgan fingerprint density at radius 2 is 0.727 bits per heavy atom. The predicted octanol–water partition coefficient (Wildman–Crippen LogP) is -11.7. The van der Waals surface area contributed by atoms with Gasteiger partial charge in [0.25, 0.3) is 0 Å². The standard InChI is InChI=1S/Cu.2Na.2O3Si/c;;;2*1-4(2)3/q+2;2*+1;2*-2. The molecular weight excluding hydrogens is 262 g/mol. The molecule has 0 aromatic rings. The molecule has 0 aliphatic rings. The molecule has 0 aliphatic heterocycles. The van der Waals surface area contributed by atoms with Crippen molar-refractivity contribution in [2.24, 2.45) is 0 Å². The van der Waals surface area contributed by atoms with Gasteiger partial charge >= 0.3 is 76.2 Å². The molecule has 11 heteroatoms. The Morgan fingerprint density at radius 3 is 0.727 bits per heavy atom. The zero-order valence-electron chi connectivity index (χ0n) is 5.75. The van der Waals surface area contributed by atoms with Crippen LogP contribution < -0.4 is 78.3 Å². The van der Waals surface area contributed by atoms with Gasteiger partial charge in [-0.15, -0.1) is 0 Å². The first kappa shape index (κ1) is 29.3. The largest absolute Gasteiger partial charge is 2.00 e. The average molecular weight is 262 g/mol. The maximum Gasteiger partial charge on any atom is 2.00 e. The summed E-state index contributed by atoms with van der Waals surface area (Å²) in [6, 6.07) is 0. The van der Waals surface area contributed by atoms with E-state index >= 15 is 0 Å². The number of rotatable bonds is 0. The van der Waals surface area contributed by atoms with Crippen molar-refractivity contribution in [3.05, 3.63) is 0 Å². The Kier molecular flexibility index (Phi) is 60.2. The fourth-order valence-electron chi connectivity index (χ4n) is 0. The smallest absolute Gasteiger partial charge is 0.672 e. The molecule has 0 unspecified atom stereocenters. The summed E-state index contributed by atoms with van der Waals surface area (Å²) in [5.41, 5.74) is 0. The van der Waals surface area contributed by atoms with Crippen molar-refractivity contribution >= 4 is 18.3 Å². The fraction of sp³-hybridized carbons (Fsp3) is 0. The molecule has 0 atom stereocenters. The molecule has 0 aliphatic carbocycles. The van der Waals surface area contributed by atoms with Crippen molar-refractivity contribution in [1.82, 2.24) is 0 Å². The van der Waals surface area contributed by atoms with E-state index in [1.807, 2.05) is 0 Å². The summed E-state index contributed by atoms with van der Waals surface area (Å²) in [6.07, 6.45) is 0. The Morgan fingerprint density at radius 1 is 0.727 bits per heavy atom. The van der Waals surface area contributed by atoms with E-state index in [4.69, 9.17) is 28.1 Å². The summed E-state index contributed by atoms with van der Waals surface area (Å²) < 4.78 is 17.0. The van der Waals surface area contributed by atoms with Gasteiger partial charge < -0.3 is 28.1 Å². The molecule has 0 N–H and O–H groups in total. The van der Waals surface area contributed by atoms with E-state index in [1.165, 1.54) is 0 Å². The number of hydrogen-bond acceptors (Lipinski definition) is 6. The molecule has 0 bridgehead atoms. The van der Waals surface area contributed by atoms with Gasteiger partial charge in [-0.1, -0.05) is 0 Å². The van der Waals surface area contributed by atoms with Crippen molar-refractivity contribution in [2.75, 3.05) is 0 Å². The van der Waals surface area contributed by atoms with Gasteiger partial charge in [0.05, 0.1) is 0 Å². The molecule has 0 saturated carbocycles.